The van der Waals surface area contributed by atoms with Gasteiger partial charge in [0.05, 0.1) is 0 Å². The number of carbonyl (C=O) groups is 1. The highest BCUT2D eigenvalue weighted by molar-refractivity contribution is 5.76. The lowest BCUT2D eigenvalue weighted by Crippen LogP contribution is -2.41. The first-order chi connectivity index (χ1) is 34.4. The molecule has 0 heterocycles. The Hall–Kier alpha value is -0.570. The second-order valence-corrected chi connectivity index (χ2v) is 24.1. The molecule has 0 saturated carbocycles. The molecule has 0 aliphatic heterocycles. The zero-order valence-electron chi connectivity index (χ0n) is 50.3. The fraction of sp³-hybridized carbons (Fsp3) is 0.985. The quantitative estimate of drug-likeness (QED) is 0.0567. The maximum Gasteiger partial charge on any atom is 0.222 e. The smallest absolute Gasteiger partial charge is 0.222 e. The summed E-state index contributed by atoms with van der Waals surface area (Å²) in [5.74, 6) is 3.33. The molecule has 70 heavy (non-hydrogen) atoms. The van der Waals surface area contributed by atoms with Crippen LogP contribution in [-0.2, 0) is 4.79 Å². The minimum Gasteiger partial charge on any atom is -0.340 e. The monoisotopic (exact) mass is 985 g/mol. The minimum absolute atomic E-state index is 0.449. The Kier molecular flexibility index (Phi) is 55.7. The molecule has 0 fully saturated rings. The minimum atomic E-state index is 0.449. The fourth-order valence-electron chi connectivity index (χ4n) is 12.1. The molecule has 0 aromatic rings. The summed E-state index contributed by atoms with van der Waals surface area (Å²) >= 11 is 0. The van der Waals surface area contributed by atoms with E-state index in [4.69, 9.17) is 0 Å². The van der Waals surface area contributed by atoms with E-state index < -0.39 is 0 Å². The van der Waals surface area contributed by atoms with Gasteiger partial charge in [0, 0.05) is 19.0 Å². The van der Waals surface area contributed by atoms with E-state index in [1.165, 1.54) is 321 Å². The zero-order chi connectivity index (χ0) is 51.2. The topological polar surface area (TPSA) is 23.6 Å². The Labute approximate surface area is 445 Å². The van der Waals surface area contributed by atoms with Crippen molar-refractivity contribution in [3.05, 3.63) is 0 Å². The van der Waals surface area contributed by atoms with Crippen molar-refractivity contribution in [2.75, 3.05) is 27.2 Å². The highest BCUT2D eigenvalue weighted by Gasteiger charge is 2.24. The second-order valence-electron chi connectivity index (χ2n) is 24.1. The van der Waals surface area contributed by atoms with E-state index in [0.29, 0.717) is 11.9 Å². The van der Waals surface area contributed by atoms with Gasteiger partial charge in [-0.15, -0.1) is 0 Å². The molecule has 0 radical (unpaired) electrons. The molecule has 0 aliphatic carbocycles. The Bertz CT molecular complexity index is 961. The molecule has 3 heteroatoms. The van der Waals surface area contributed by atoms with Crippen molar-refractivity contribution in [3.63, 3.8) is 0 Å². The molecular weight excluding hydrogens is 849 g/mol. The van der Waals surface area contributed by atoms with Crippen LogP contribution in [0.1, 0.15) is 375 Å². The van der Waals surface area contributed by atoms with Crippen LogP contribution in [-0.4, -0.2) is 48.9 Å². The average Bonchev–Trinajstić information content (AvgIpc) is 3.35. The third-order valence-electron chi connectivity index (χ3n) is 16.7. The molecule has 0 N–H and O–H groups in total. The molecule has 1 amide bonds. The summed E-state index contributed by atoms with van der Waals surface area (Å²) in [7, 11) is 4.30. The Morgan fingerprint density at radius 1 is 0.286 bits per heavy atom. The van der Waals surface area contributed by atoms with E-state index in [1.807, 2.05) is 0 Å². The van der Waals surface area contributed by atoms with Crippen LogP contribution in [0.15, 0.2) is 0 Å². The van der Waals surface area contributed by atoms with Gasteiger partial charge in [0.25, 0.3) is 0 Å². The van der Waals surface area contributed by atoms with Gasteiger partial charge in [0.2, 0.25) is 5.91 Å². The standard InChI is InChI=1S/C67H136N2O/c1-9-15-21-27-31-35-41-49-60-69(67(70)58-50-59-68(7)8)66(56-47-39-32-28-22-16-10-2)57-48-40-34-33-38-46-55-65(61-63(51-42-25-19-13-5)53-44-36-29-23-17-11-3)62-64(52-43-26-20-14-6)54-45-37-30-24-18-12-4/h63-66H,9-62H2,1-8H3. The molecule has 0 saturated heterocycles. The molecule has 3 unspecified atom stereocenters. The third-order valence-corrected chi connectivity index (χ3v) is 16.7. The lowest BCUT2D eigenvalue weighted by molar-refractivity contribution is -0.134. The van der Waals surface area contributed by atoms with Gasteiger partial charge in [-0.1, -0.05) is 330 Å². The van der Waals surface area contributed by atoms with Crippen LogP contribution in [0, 0.1) is 17.8 Å². The van der Waals surface area contributed by atoms with Crippen LogP contribution in [0.3, 0.4) is 0 Å². The van der Waals surface area contributed by atoms with Crippen molar-refractivity contribution >= 4 is 5.91 Å². The number of hydrogen-bond acceptors (Lipinski definition) is 2. The van der Waals surface area contributed by atoms with Crippen LogP contribution in [0.4, 0.5) is 0 Å². The van der Waals surface area contributed by atoms with Crippen molar-refractivity contribution in [1.82, 2.24) is 9.80 Å². The molecule has 0 aromatic carbocycles. The first-order valence-corrected chi connectivity index (χ1v) is 33.3. The van der Waals surface area contributed by atoms with Crippen molar-refractivity contribution in [1.29, 1.82) is 0 Å². The molecule has 0 aliphatic rings. The number of carbonyl (C=O) groups excluding carboxylic acids is 1. The third kappa shape index (κ3) is 47.2. The van der Waals surface area contributed by atoms with E-state index in [0.717, 1.165) is 43.7 Å². The van der Waals surface area contributed by atoms with Crippen LogP contribution < -0.4 is 0 Å². The summed E-state index contributed by atoms with van der Waals surface area (Å²) < 4.78 is 0. The van der Waals surface area contributed by atoms with E-state index in [9.17, 15) is 4.79 Å². The van der Waals surface area contributed by atoms with Crippen LogP contribution in [0.2, 0.25) is 0 Å². The predicted molar refractivity (Wildman–Crippen MR) is 319 cm³/mol. The highest BCUT2D eigenvalue weighted by Crippen LogP contribution is 2.35. The summed E-state index contributed by atoms with van der Waals surface area (Å²) in [6.45, 7) is 16.1. The molecule has 3 atom stereocenters. The van der Waals surface area contributed by atoms with Gasteiger partial charge in [-0.3, -0.25) is 4.79 Å². The largest absolute Gasteiger partial charge is 0.340 e. The van der Waals surface area contributed by atoms with Gasteiger partial charge in [0.15, 0.2) is 0 Å². The lowest BCUT2D eigenvalue weighted by Gasteiger charge is -2.33. The summed E-state index contributed by atoms with van der Waals surface area (Å²) in [6.07, 6.45) is 72.0. The Balaban J connectivity index is 5.76. The number of amides is 1. The Morgan fingerprint density at radius 3 is 0.857 bits per heavy atom. The molecule has 420 valence electrons. The second kappa shape index (κ2) is 56.2. The number of unbranched alkanes of at least 4 members (excludes halogenated alkanes) is 34. The highest BCUT2D eigenvalue weighted by atomic mass is 16.2. The summed E-state index contributed by atoms with van der Waals surface area (Å²) in [6, 6.07) is 0.449. The van der Waals surface area contributed by atoms with E-state index in [2.05, 4.69) is 65.4 Å². The van der Waals surface area contributed by atoms with Crippen LogP contribution >= 0.6 is 0 Å². The van der Waals surface area contributed by atoms with Crippen LogP contribution in [0.5, 0.6) is 0 Å². The molecular formula is C67H136N2O. The van der Waals surface area contributed by atoms with Crippen molar-refractivity contribution in [3.8, 4) is 0 Å². The number of nitrogens with zero attached hydrogens (tertiary/aromatic N) is 2. The summed E-state index contributed by atoms with van der Waals surface area (Å²) in [5.41, 5.74) is 0. The predicted octanol–water partition coefficient (Wildman–Crippen LogP) is 23.0. The summed E-state index contributed by atoms with van der Waals surface area (Å²) in [5, 5.41) is 0. The van der Waals surface area contributed by atoms with E-state index in [-0.39, 0.29) is 0 Å². The van der Waals surface area contributed by atoms with Gasteiger partial charge >= 0.3 is 0 Å². The molecule has 0 bridgehead atoms. The molecule has 0 aromatic heterocycles. The normalized spacial score (nSPS) is 13.6. The number of hydrogen-bond donors (Lipinski definition) is 0. The summed E-state index contributed by atoms with van der Waals surface area (Å²) in [4.78, 5) is 18.8. The zero-order valence-corrected chi connectivity index (χ0v) is 50.3. The molecule has 0 rings (SSSR count). The van der Waals surface area contributed by atoms with E-state index in [1.54, 1.807) is 0 Å². The van der Waals surface area contributed by atoms with Crippen molar-refractivity contribution in [2.24, 2.45) is 17.8 Å². The van der Waals surface area contributed by atoms with Gasteiger partial charge in [-0.05, 0) is 76.9 Å². The SMILES string of the molecule is CCCCCCCCCCN(C(=O)CCCN(C)C)C(CCCCCCCCC)CCCCCCCCC(CC(CCCCCC)CCCCCCCC)CC(CCCCCC)CCCCCCCC. The van der Waals surface area contributed by atoms with Gasteiger partial charge in [-0.25, -0.2) is 0 Å². The first kappa shape index (κ1) is 69.4. The van der Waals surface area contributed by atoms with Crippen molar-refractivity contribution < 1.29 is 4.79 Å². The van der Waals surface area contributed by atoms with Crippen LogP contribution in [0.25, 0.3) is 0 Å². The molecule has 3 nitrogen and oxygen atoms in total. The lowest BCUT2D eigenvalue weighted by atomic mass is 9.78. The van der Waals surface area contributed by atoms with E-state index >= 15 is 0 Å². The maximum atomic E-state index is 14.1. The van der Waals surface area contributed by atoms with Gasteiger partial charge in [-0.2, -0.15) is 0 Å². The Morgan fingerprint density at radius 2 is 0.543 bits per heavy atom. The van der Waals surface area contributed by atoms with Crippen molar-refractivity contribution in [2.45, 2.75) is 381 Å². The maximum absolute atomic E-state index is 14.1. The van der Waals surface area contributed by atoms with Gasteiger partial charge in [0.1, 0.15) is 0 Å². The fourth-order valence-corrected chi connectivity index (χ4v) is 12.1. The number of rotatable bonds is 59. The average molecular weight is 986 g/mol. The first-order valence-electron chi connectivity index (χ1n) is 33.3. The molecule has 0 spiro atoms. The van der Waals surface area contributed by atoms with Gasteiger partial charge < -0.3 is 9.80 Å².